The average molecular weight is 461 g/mol. The maximum Gasteiger partial charge on any atom is 0.336 e. The molecular weight excluding hydrogens is 435 g/mol. The van der Waals surface area contributed by atoms with E-state index in [-0.39, 0.29) is 23.1 Å². The van der Waals surface area contributed by atoms with Gasteiger partial charge in [0.1, 0.15) is 11.5 Å². The van der Waals surface area contributed by atoms with Gasteiger partial charge in [-0.25, -0.2) is 9.18 Å². The van der Waals surface area contributed by atoms with E-state index in [1.54, 1.807) is 48.6 Å². The Morgan fingerprint density at radius 3 is 2.35 bits per heavy atom. The second kappa shape index (κ2) is 10.3. The lowest BCUT2D eigenvalue weighted by atomic mass is 9.95. The zero-order valence-corrected chi connectivity index (χ0v) is 18.5. The number of nitro groups is 1. The summed E-state index contributed by atoms with van der Waals surface area (Å²) in [6, 6.07) is 16.0. The van der Waals surface area contributed by atoms with Crippen molar-refractivity contribution in [1.29, 1.82) is 0 Å². The van der Waals surface area contributed by atoms with Crippen molar-refractivity contribution >= 4 is 29.5 Å². The summed E-state index contributed by atoms with van der Waals surface area (Å²) >= 11 is 0. The molecule has 0 bridgehead atoms. The van der Waals surface area contributed by atoms with Gasteiger partial charge in [0.15, 0.2) is 0 Å². The molecule has 0 aliphatic heterocycles. The van der Waals surface area contributed by atoms with Crippen molar-refractivity contribution in [3.05, 3.63) is 93.3 Å². The van der Waals surface area contributed by atoms with Gasteiger partial charge in [-0.2, -0.15) is 0 Å². The van der Waals surface area contributed by atoms with E-state index in [0.29, 0.717) is 16.8 Å². The monoisotopic (exact) mass is 460 g/mol. The molecule has 0 unspecified atom stereocenters. The number of halogens is 1. The Bertz CT molecular complexity index is 1230. The molecule has 1 aliphatic carbocycles. The Labute approximate surface area is 196 Å². The van der Waals surface area contributed by atoms with Gasteiger partial charge in [-0.05, 0) is 65.4 Å². The topological polar surface area (TPSA) is 92.5 Å². The minimum atomic E-state index is -1.08. The fraction of sp³-hybridized carbons (Fsp3) is 0.222. The second-order valence-corrected chi connectivity index (χ2v) is 8.46. The fourth-order valence-corrected chi connectivity index (χ4v) is 4.30. The minimum absolute atomic E-state index is 0.00811. The van der Waals surface area contributed by atoms with Crippen LogP contribution in [0.25, 0.3) is 23.3 Å². The number of anilines is 1. The Balaban J connectivity index is 1.63. The third-order valence-electron chi connectivity index (χ3n) is 6.10. The number of benzene rings is 3. The van der Waals surface area contributed by atoms with Gasteiger partial charge in [0.2, 0.25) is 0 Å². The first kappa shape index (κ1) is 23.2. The lowest BCUT2D eigenvalue weighted by Crippen LogP contribution is -2.22. The van der Waals surface area contributed by atoms with Crippen LogP contribution in [-0.4, -0.2) is 22.0 Å². The van der Waals surface area contributed by atoms with E-state index >= 15 is 0 Å². The van der Waals surface area contributed by atoms with Crippen LogP contribution in [0.5, 0.6) is 0 Å². The number of nitrogens with one attached hydrogen (secondary N) is 1. The molecule has 0 spiro atoms. The lowest BCUT2D eigenvalue weighted by molar-refractivity contribution is -0.384. The first-order valence-electron chi connectivity index (χ1n) is 11.3. The molecule has 0 aromatic heterocycles. The van der Waals surface area contributed by atoms with Crippen molar-refractivity contribution in [2.75, 3.05) is 5.32 Å². The molecule has 1 fully saturated rings. The molecule has 3 aromatic rings. The molecule has 0 amide bonds. The maximum absolute atomic E-state index is 13.3. The van der Waals surface area contributed by atoms with Crippen LogP contribution in [0.15, 0.2) is 60.7 Å². The highest BCUT2D eigenvalue weighted by Crippen LogP contribution is 2.30. The minimum Gasteiger partial charge on any atom is -0.478 e. The summed E-state index contributed by atoms with van der Waals surface area (Å²) in [4.78, 5) is 23.0. The highest BCUT2D eigenvalue weighted by molar-refractivity contribution is 5.94. The number of hydrogen-bond donors (Lipinski definition) is 2. The van der Waals surface area contributed by atoms with Crippen LogP contribution in [0.1, 0.15) is 53.6 Å². The predicted octanol–water partition coefficient (Wildman–Crippen LogP) is 7.01. The van der Waals surface area contributed by atoms with Gasteiger partial charge < -0.3 is 10.4 Å². The third kappa shape index (κ3) is 5.49. The van der Waals surface area contributed by atoms with Crippen LogP contribution in [0.3, 0.4) is 0 Å². The number of hydrogen-bond acceptors (Lipinski definition) is 4. The van der Waals surface area contributed by atoms with Crippen LogP contribution in [0, 0.1) is 15.9 Å². The number of aromatic carboxylic acids is 1. The normalized spacial score (nSPS) is 14.3. The van der Waals surface area contributed by atoms with Gasteiger partial charge in [0, 0.05) is 12.1 Å². The molecular formula is C27H25FN2O4. The highest BCUT2D eigenvalue weighted by Gasteiger charge is 2.19. The van der Waals surface area contributed by atoms with Crippen LogP contribution in [-0.2, 0) is 0 Å². The molecule has 6 nitrogen and oxygen atoms in total. The number of rotatable bonds is 7. The van der Waals surface area contributed by atoms with Crippen LogP contribution < -0.4 is 5.32 Å². The van der Waals surface area contributed by atoms with E-state index in [4.69, 9.17) is 0 Å². The largest absolute Gasteiger partial charge is 0.478 e. The van der Waals surface area contributed by atoms with Crippen molar-refractivity contribution in [2.24, 2.45) is 0 Å². The number of carboxylic acids is 1. The van der Waals surface area contributed by atoms with Crippen molar-refractivity contribution in [3.63, 3.8) is 0 Å². The molecule has 2 N–H and O–H groups in total. The molecule has 0 saturated heterocycles. The van der Waals surface area contributed by atoms with Crippen molar-refractivity contribution in [3.8, 4) is 11.1 Å². The van der Waals surface area contributed by atoms with E-state index in [1.807, 2.05) is 0 Å². The highest BCUT2D eigenvalue weighted by atomic mass is 19.1. The van der Waals surface area contributed by atoms with Crippen LogP contribution >= 0.6 is 0 Å². The number of nitrogens with zero attached hydrogens (tertiary/aromatic N) is 1. The van der Waals surface area contributed by atoms with Gasteiger partial charge in [-0.3, -0.25) is 10.1 Å². The summed E-state index contributed by atoms with van der Waals surface area (Å²) in [7, 11) is 0. The molecule has 0 heterocycles. The smallest absolute Gasteiger partial charge is 0.336 e. The molecule has 1 saturated carbocycles. The Kier molecular flexibility index (Phi) is 7.01. The first-order valence-corrected chi connectivity index (χ1v) is 11.3. The molecule has 34 heavy (non-hydrogen) atoms. The molecule has 0 radical (unpaired) electrons. The Hall–Kier alpha value is -4.00. The summed E-state index contributed by atoms with van der Waals surface area (Å²) in [5, 5.41) is 24.6. The zero-order valence-electron chi connectivity index (χ0n) is 18.5. The third-order valence-corrected chi connectivity index (χ3v) is 6.10. The fourth-order valence-electron chi connectivity index (χ4n) is 4.30. The zero-order chi connectivity index (χ0) is 24.1. The SMILES string of the molecule is O=C(O)c1ccc(-c2ccc(F)cc2)cc1/C=C/c1ccc(NC2CCCCC2)c([N+](=O)[O-])c1. The summed E-state index contributed by atoms with van der Waals surface area (Å²) in [6.07, 6.45) is 8.73. The molecule has 174 valence electrons. The average Bonchev–Trinajstić information content (AvgIpc) is 2.84. The summed E-state index contributed by atoms with van der Waals surface area (Å²) in [5.41, 5.74) is 3.12. The van der Waals surface area contributed by atoms with E-state index in [0.717, 1.165) is 36.8 Å². The lowest BCUT2D eigenvalue weighted by Gasteiger charge is -2.23. The number of carboxylic acid groups (broad SMARTS) is 1. The van der Waals surface area contributed by atoms with Crippen molar-refractivity contribution in [1.82, 2.24) is 0 Å². The number of nitro benzene ring substituents is 1. The Morgan fingerprint density at radius 1 is 0.971 bits per heavy atom. The second-order valence-electron chi connectivity index (χ2n) is 8.46. The molecule has 3 aromatic carbocycles. The first-order chi connectivity index (χ1) is 16.4. The van der Waals surface area contributed by atoms with Crippen LogP contribution in [0.4, 0.5) is 15.8 Å². The molecule has 1 aliphatic rings. The van der Waals surface area contributed by atoms with Crippen molar-refractivity contribution < 1.29 is 19.2 Å². The van der Waals surface area contributed by atoms with E-state index in [2.05, 4.69) is 5.32 Å². The van der Waals surface area contributed by atoms with Gasteiger partial charge in [-0.1, -0.05) is 55.7 Å². The van der Waals surface area contributed by atoms with Gasteiger partial charge in [-0.15, -0.1) is 0 Å². The van der Waals surface area contributed by atoms with Crippen molar-refractivity contribution in [2.45, 2.75) is 38.1 Å². The summed E-state index contributed by atoms with van der Waals surface area (Å²) in [5.74, 6) is -1.43. The standard InChI is InChI=1S/C27H25FN2O4/c28-22-12-9-19(10-13-22)20-11-14-24(27(31)32)21(17-20)8-6-18-7-15-25(26(16-18)30(33)34)29-23-4-2-1-3-5-23/h6-17,23,29H,1-5H2,(H,31,32)/b8-6+. The van der Waals surface area contributed by atoms with Gasteiger partial charge in [0.05, 0.1) is 10.5 Å². The van der Waals surface area contributed by atoms with E-state index < -0.39 is 10.9 Å². The van der Waals surface area contributed by atoms with E-state index in [1.165, 1.54) is 30.7 Å². The van der Waals surface area contributed by atoms with E-state index in [9.17, 15) is 24.4 Å². The van der Waals surface area contributed by atoms with Gasteiger partial charge >= 0.3 is 5.97 Å². The summed E-state index contributed by atoms with van der Waals surface area (Å²) in [6.45, 7) is 0. The molecule has 0 atom stereocenters. The van der Waals surface area contributed by atoms with Crippen LogP contribution in [0.2, 0.25) is 0 Å². The maximum atomic E-state index is 13.3. The summed E-state index contributed by atoms with van der Waals surface area (Å²) < 4.78 is 13.3. The quantitative estimate of drug-likeness (QED) is 0.225. The Morgan fingerprint density at radius 2 is 1.68 bits per heavy atom. The predicted molar refractivity (Wildman–Crippen MR) is 131 cm³/mol. The molecule has 7 heteroatoms. The number of carbonyl (C=O) groups is 1. The van der Waals surface area contributed by atoms with Gasteiger partial charge in [0.25, 0.3) is 5.69 Å². The molecule has 4 rings (SSSR count).